The van der Waals surface area contributed by atoms with Crippen molar-refractivity contribution in [3.63, 3.8) is 0 Å². The number of hydrogen-bond donors (Lipinski definition) is 0. The van der Waals surface area contributed by atoms with Crippen LogP contribution in [0.15, 0.2) is 72.8 Å². The summed E-state index contributed by atoms with van der Waals surface area (Å²) in [5.74, 6) is 0.909. The molecule has 24 heavy (non-hydrogen) atoms. The highest BCUT2D eigenvalue weighted by Crippen LogP contribution is 2.42. The Labute approximate surface area is 149 Å². The van der Waals surface area contributed by atoms with E-state index in [4.69, 9.17) is 4.74 Å². The van der Waals surface area contributed by atoms with Crippen LogP contribution in [-0.2, 0) is 17.4 Å². The first kappa shape index (κ1) is 16.7. The maximum atomic E-state index is 5.84. The summed E-state index contributed by atoms with van der Waals surface area (Å²) in [7, 11) is 1.74. The van der Waals surface area contributed by atoms with Gasteiger partial charge in [-0.25, -0.2) is 0 Å². The Morgan fingerprint density at radius 1 is 0.750 bits per heavy atom. The van der Waals surface area contributed by atoms with Crippen LogP contribution in [0.2, 0.25) is 0 Å². The molecule has 0 heterocycles. The molecule has 3 aromatic rings. The van der Waals surface area contributed by atoms with Crippen LogP contribution in [0.25, 0.3) is 22.3 Å². The minimum atomic E-state index is -0.126. The molecular weight excluding hydrogens is 312 g/mol. The molecule has 0 aromatic heterocycles. The Bertz CT molecular complexity index is 757. The van der Waals surface area contributed by atoms with Gasteiger partial charge in [-0.15, -0.1) is 0 Å². The number of benzene rings is 3. The van der Waals surface area contributed by atoms with Gasteiger partial charge in [0.05, 0.1) is 7.11 Å². The highest BCUT2D eigenvalue weighted by atomic mass is 32.1. The molecule has 0 radical (unpaired) electrons. The normalized spacial score (nSPS) is 11.3. The maximum Gasteiger partial charge on any atom is 0.143 e. The van der Waals surface area contributed by atoms with Crippen LogP contribution >= 0.6 is 0 Å². The third-order valence-electron chi connectivity index (χ3n) is 4.18. The second-order valence-electron chi connectivity index (χ2n) is 6.46. The molecule has 0 fully saturated rings. The molecule has 1 nitrogen and oxygen atoms in total. The molecule has 0 spiro atoms. The first-order valence-electron chi connectivity index (χ1n) is 8.09. The number of hydrogen-bond acceptors (Lipinski definition) is 1. The molecule has 122 valence electrons. The fourth-order valence-electron chi connectivity index (χ4n) is 2.87. The zero-order valence-electron chi connectivity index (χ0n) is 14.3. The fraction of sp³-hybridized carbons (Fsp3) is 0.182. The summed E-state index contributed by atoms with van der Waals surface area (Å²) >= 11 is 3.86. The van der Waals surface area contributed by atoms with Crippen LogP contribution in [0.5, 0.6) is 5.75 Å². The first-order valence-corrected chi connectivity index (χ1v) is 8.59. The molecule has 0 aliphatic carbocycles. The van der Waals surface area contributed by atoms with Crippen molar-refractivity contribution in [3.8, 4) is 28.0 Å². The van der Waals surface area contributed by atoms with Crippen molar-refractivity contribution < 1.29 is 4.74 Å². The van der Waals surface area contributed by atoms with E-state index in [0.717, 1.165) is 28.0 Å². The van der Waals surface area contributed by atoms with Crippen LogP contribution < -0.4 is 4.74 Å². The van der Waals surface area contributed by atoms with Crippen molar-refractivity contribution >= 4 is 12.6 Å². The van der Waals surface area contributed by atoms with Gasteiger partial charge in [0.15, 0.2) is 0 Å². The molecule has 0 saturated heterocycles. The topological polar surface area (TPSA) is 9.23 Å². The summed E-state index contributed by atoms with van der Waals surface area (Å²) in [6.45, 7) is 4.32. The number of ether oxygens (including phenoxy) is 1. The van der Waals surface area contributed by atoms with Gasteiger partial charge in [-0.3, -0.25) is 0 Å². The first-order chi connectivity index (χ1) is 11.5. The lowest BCUT2D eigenvalue weighted by Crippen LogP contribution is -2.13. The van der Waals surface area contributed by atoms with Gasteiger partial charge in [0.1, 0.15) is 10.5 Å². The van der Waals surface area contributed by atoms with Gasteiger partial charge in [-0.2, -0.15) is 0 Å². The molecule has 3 aromatic carbocycles. The summed E-state index contributed by atoms with van der Waals surface area (Å²) in [6.07, 6.45) is 0. The zero-order valence-corrected chi connectivity index (χ0v) is 15.3. The molecule has 2 heteroatoms. The average Bonchev–Trinajstić information content (AvgIpc) is 2.61. The predicted molar refractivity (Wildman–Crippen MR) is 107 cm³/mol. The smallest absolute Gasteiger partial charge is 0.143 e. The van der Waals surface area contributed by atoms with Crippen LogP contribution in [0.4, 0.5) is 0 Å². The molecule has 0 bridgehead atoms. The van der Waals surface area contributed by atoms with Gasteiger partial charge < -0.3 is 4.74 Å². The largest absolute Gasteiger partial charge is 0.495 e. The predicted octanol–water partition coefficient (Wildman–Crippen LogP) is 5.28. The molecule has 0 N–H and O–H groups in total. The van der Waals surface area contributed by atoms with E-state index in [0.29, 0.717) is 0 Å². The van der Waals surface area contributed by atoms with Crippen LogP contribution in [0.1, 0.15) is 19.4 Å². The highest BCUT2D eigenvalue weighted by Gasteiger charge is 2.25. The minimum Gasteiger partial charge on any atom is -0.495 e. The van der Waals surface area contributed by atoms with E-state index >= 15 is 0 Å². The standard InChI is InChI=1S/C22H22OS/c1-22(2,24)18-14-19(16-10-6-4-7-11-16)21(23-3)20(15-18)17-12-8-5-9-13-17/h4-15,24H,1-3H3/p+1. The zero-order chi connectivity index (χ0) is 17.2. The van der Waals surface area contributed by atoms with E-state index in [1.807, 2.05) is 12.1 Å². The van der Waals surface area contributed by atoms with Crippen LogP contribution in [-0.4, -0.2) is 7.11 Å². The summed E-state index contributed by atoms with van der Waals surface area (Å²) in [5.41, 5.74) is 5.76. The number of rotatable bonds is 4. The van der Waals surface area contributed by atoms with Crippen molar-refractivity contribution in [1.82, 2.24) is 0 Å². The maximum absolute atomic E-state index is 5.84. The lowest BCUT2D eigenvalue weighted by molar-refractivity contribution is 0.418. The molecule has 0 aliphatic heterocycles. The van der Waals surface area contributed by atoms with Gasteiger partial charge in [-0.05, 0) is 49.7 Å². The van der Waals surface area contributed by atoms with E-state index < -0.39 is 0 Å². The molecule has 0 unspecified atom stereocenters. The Balaban J connectivity index is 2.32. The molecule has 3 rings (SSSR count). The summed E-state index contributed by atoms with van der Waals surface area (Å²) in [6, 6.07) is 25.2. The lowest BCUT2D eigenvalue weighted by Gasteiger charge is -2.20. The van der Waals surface area contributed by atoms with E-state index in [2.05, 4.69) is 87.1 Å². The summed E-state index contributed by atoms with van der Waals surface area (Å²) < 4.78 is 5.71. The summed E-state index contributed by atoms with van der Waals surface area (Å²) in [5, 5.41) is 0. The van der Waals surface area contributed by atoms with Crippen molar-refractivity contribution in [2.24, 2.45) is 0 Å². The van der Waals surface area contributed by atoms with Gasteiger partial charge in [0.25, 0.3) is 0 Å². The number of methoxy groups -OCH3 is 1. The third-order valence-corrected chi connectivity index (χ3v) is 4.47. The van der Waals surface area contributed by atoms with Crippen LogP contribution in [0.3, 0.4) is 0 Å². The SMILES string of the molecule is COc1c(-c2ccccc2)cc(C(C)(C)[SH2+])cc1-c1ccccc1. The molecular formula is C22H23OS+. The van der Waals surface area contributed by atoms with Crippen molar-refractivity contribution in [2.45, 2.75) is 18.6 Å². The molecule has 0 aliphatic rings. The average molecular weight is 335 g/mol. The Hall–Kier alpha value is -2.19. The van der Waals surface area contributed by atoms with E-state index in [-0.39, 0.29) is 4.75 Å². The third kappa shape index (κ3) is 3.34. The lowest BCUT2D eigenvalue weighted by atomic mass is 9.90. The van der Waals surface area contributed by atoms with Gasteiger partial charge in [0.2, 0.25) is 0 Å². The van der Waals surface area contributed by atoms with E-state index in [9.17, 15) is 0 Å². The summed E-state index contributed by atoms with van der Waals surface area (Å²) in [4.78, 5) is 0. The Morgan fingerprint density at radius 3 is 1.50 bits per heavy atom. The van der Waals surface area contributed by atoms with Crippen LogP contribution in [0, 0.1) is 0 Å². The second kappa shape index (κ2) is 6.74. The Morgan fingerprint density at radius 2 is 1.17 bits per heavy atom. The van der Waals surface area contributed by atoms with Gasteiger partial charge in [0, 0.05) is 16.7 Å². The van der Waals surface area contributed by atoms with Gasteiger partial charge in [-0.1, -0.05) is 60.7 Å². The highest BCUT2D eigenvalue weighted by molar-refractivity contribution is 7.59. The Kier molecular flexibility index (Phi) is 4.68. The quantitative estimate of drug-likeness (QED) is 0.590. The van der Waals surface area contributed by atoms with Gasteiger partial charge >= 0.3 is 0 Å². The fourth-order valence-corrected chi connectivity index (χ4v) is 3.02. The van der Waals surface area contributed by atoms with Crippen molar-refractivity contribution in [1.29, 1.82) is 0 Å². The minimum absolute atomic E-state index is 0.126. The molecule has 0 atom stereocenters. The van der Waals surface area contributed by atoms with Crippen molar-refractivity contribution in [2.75, 3.05) is 7.11 Å². The molecule has 0 saturated carbocycles. The van der Waals surface area contributed by atoms with E-state index in [1.54, 1.807) is 7.11 Å². The molecule has 0 amide bonds. The second-order valence-corrected chi connectivity index (χ2v) is 7.71. The van der Waals surface area contributed by atoms with Crippen molar-refractivity contribution in [3.05, 3.63) is 78.4 Å². The van der Waals surface area contributed by atoms with E-state index in [1.165, 1.54) is 5.56 Å². The monoisotopic (exact) mass is 335 g/mol.